The number of hydrogen-bond donors (Lipinski definition) is 3. The van der Waals surface area contributed by atoms with E-state index in [1.807, 2.05) is 27.2 Å². The van der Waals surface area contributed by atoms with Crippen molar-refractivity contribution >= 4 is 13.7 Å². The van der Waals surface area contributed by atoms with Gasteiger partial charge in [0.15, 0.2) is 0 Å². The molecule has 0 aromatic rings. The topological polar surface area (TPSA) is 105 Å². The highest BCUT2D eigenvalue weighted by Crippen LogP contribution is 2.43. The Labute approximate surface area is 278 Å². The first kappa shape index (κ1) is 44.2. The molecule has 0 saturated carbocycles. The van der Waals surface area contributed by atoms with Gasteiger partial charge in [-0.1, -0.05) is 148 Å². The van der Waals surface area contributed by atoms with Crippen LogP contribution in [0.2, 0.25) is 0 Å². The van der Waals surface area contributed by atoms with Crippen molar-refractivity contribution in [1.82, 2.24) is 5.32 Å². The largest absolute Gasteiger partial charge is 0.472 e. The quantitative estimate of drug-likeness (QED) is 0.0280. The number of likely N-dealkylation sites (N-methyl/N-ethyl adjacent to an activating group) is 1. The molecule has 0 aliphatic carbocycles. The molecule has 1 unspecified atom stereocenters. The average molecular weight is 662 g/mol. The number of amides is 1. The van der Waals surface area contributed by atoms with Crippen LogP contribution in [0.3, 0.4) is 0 Å². The molecule has 3 N–H and O–H groups in total. The number of allylic oxidation sites excluding steroid dienone is 1. The van der Waals surface area contributed by atoms with Crippen LogP contribution >= 0.6 is 7.82 Å². The summed E-state index contributed by atoms with van der Waals surface area (Å²) < 4.78 is 23.4. The van der Waals surface area contributed by atoms with Crippen LogP contribution in [-0.4, -0.2) is 73.4 Å². The number of nitrogens with zero attached hydrogens (tertiary/aromatic N) is 1. The summed E-state index contributed by atoms with van der Waals surface area (Å²) in [4.78, 5) is 22.8. The molecule has 0 rings (SSSR count). The zero-order valence-electron chi connectivity index (χ0n) is 30.1. The maximum absolute atomic E-state index is 12.7. The van der Waals surface area contributed by atoms with E-state index < -0.39 is 20.0 Å². The predicted octanol–water partition coefficient (Wildman–Crippen LogP) is 9.24. The number of carbonyl (C=O) groups excluding carboxylic acids is 1. The summed E-state index contributed by atoms with van der Waals surface area (Å²) >= 11 is 0. The van der Waals surface area contributed by atoms with Gasteiger partial charge in [-0.25, -0.2) is 4.57 Å². The zero-order valence-corrected chi connectivity index (χ0v) is 31.0. The Morgan fingerprint density at radius 1 is 0.733 bits per heavy atom. The van der Waals surface area contributed by atoms with Gasteiger partial charge >= 0.3 is 7.82 Å². The van der Waals surface area contributed by atoms with Gasteiger partial charge in [-0.2, -0.15) is 0 Å². The second-order valence-electron chi connectivity index (χ2n) is 14.0. The third-order valence-electron chi connectivity index (χ3n) is 8.26. The van der Waals surface area contributed by atoms with Crippen LogP contribution in [0.25, 0.3) is 0 Å². The van der Waals surface area contributed by atoms with Gasteiger partial charge in [-0.15, -0.1) is 0 Å². The number of quaternary nitrogens is 1. The normalized spacial score (nSPS) is 14.9. The summed E-state index contributed by atoms with van der Waals surface area (Å²) in [5.74, 6) is -0.183. The molecular weight excluding hydrogens is 587 g/mol. The van der Waals surface area contributed by atoms with Crippen molar-refractivity contribution in [2.45, 2.75) is 174 Å². The Kier molecular flexibility index (Phi) is 28.9. The number of unbranched alkanes of at least 4 members (excludes halogenated alkanes) is 20. The Morgan fingerprint density at radius 3 is 1.64 bits per heavy atom. The fraction of sp³-hybridized carbons (Fsp3) is 0.917. The van der Waals surface area contributed by atoms with E-state index in [0.29, 0.717) is 17.4 Å². The molecule has 0 aliphatic heterocycles. The number of rotatable bonds is 33. The molecule has 0 saturated heterocycles. The molecule has 0 fully saturated rings. The Morgan fingerprint density at radius 2 is 1.18 bits per heavy atom. The Hall–Kier alpha value is -0.760. The highest BCUT2D eigenvalue weighted by molar-refractivity contribution is 7.47. The lowest BCUT2D eigenvalue weighted by molar-refractivity contribution is -0.870. The van der Waals surface area contributed by atoms with Gasteiger partial charge < -0.3 is 19.8 Å². The minimum absolute atomic E-state index is 0.0638. The minimum Gasteiger partial charge on any atom is -0.387 e. The molecule has 268 valence electrons. The smallest absolute Gasteiger partial charge is 0.387 e. The van der Waals surface area contributed by atoms with Crippen molar-refractivity contribution in [3.05, 3.63) is 12.2 Å². The second-order valence-corrected chi connectivity index (χ2v) is 15.4. The molecule has 3 atom stereocenters. The maximum Gasteiger partial charge on any atom is 0.472 e. The third-order valence-corrected chi connectivity index (χ3v) is 9.24. The summed E-state index contributed by atoms with van der Waals surface area (Å²) in [6.07, 6.45) is 29.9. The van der Waals surface area contributed by atoms with Gasteiger partial charge in [0.2, 0.25) is 5.91 Å². The van der Waals surface area contributed by atoms with Crippen LogP contribution in [-0.2, 0) is 18.4 Å². The van der Waals surface area contributed by atoms with Crippen molar-refractivity contribution in [3.8, 4) is 0 Å². The van der Waals surface area contributed by atoms with Crippen LogP contribution in [0.1, 0.15) is 162 Å². The standard InChI is InChI=1S/C36H73N2O6P/c1-6-8-10-12-14-16-17-18-19-20-21-22-23-25-27-29-35(39)34(33-44-45(41,42)43-32-31-38(3,4)5)37-36(40)30-28-26-24-15-13-11-9-7-2/h27,29,34-35,39H,6-26,28,30-33H2,1-5H3,(H-,37,40,41,42)/p+1/b29-27+/t34-,35+/m0/s1. The van der Waals surface area contributed by atoms with Gasteiger partial charge in [0, 0.05) is 6.42 Å². The van der Waals surface area contributed by atoms with Crippen molar-refractivity contribution in [1.29, 1.82) is 0 Å². The number of aliphatic hydroxyl groups is 1. The molecule has 0 bridgehead atoms. The van der Waals surface area contributed by atoms with Crippen LogP contribution in [0.4, 0.5) is 0 Å². The highest BCUT2D eigenvalue weighted by atomic mass is 31.2. The number of hydrogen-bond acceptors (Lipinski definition) is 5. The lowest BCUT2D eigenvalue weighted by atomic mass is 10.0. The Bertz CT molecular complexity index is 758. The number of nitrogens with one attached hydrogen (secondary N) is 1. The summed E-state index contributed by atoms with van der Waals surface area (Å²) in [6.45, 7) is 4.76. The first-order valence-corrected chi connectivity index (χ1v) is 20.1. The molecular formula is C36H74N2O6P+. The van der Waals surface area contributed by atoms with Gasteiger partial charge in [0.25, 0.3) is 0 Å². The SMILES string of the molecule is CCCCCCCCCCCCCCC/C=C/[C@@H](O)[C@H](COP(=O)(O)OCC[N+](C)(C)C)NC(=O)CCCCCCCCCC. The summed E-state index contributed by atoms with van der Waals surface area (Å²) in [5.41, 5.74) is 0. The van der Waals surface area contributed by atoms with Gasteiger partial charge in [0.1, 0.15) is 13.2 Å². The lowest BCUT2D eigenvalue weighted by Crippen LogP contribution is -2.45. The molecule has 0 aromatic heterocycles. The fourth-order valence-electron chi connectivity index (χ4n) is 5.22. The van der Waals surface area contributed by atoms with E-state index in [9.17, 15) is 19.4 Å². The van der Waals surface area contributed by atoms with E-state index in [-0.39, 0.29) is 19.1 Å². The number of carbonyl (C=O) groups is 1. The third kappa shape index (κ3) is 31.6. The summed E-state index contributed by atoms with van der Waals surface area (Å²) in [5, 5.41) is 13.7. The van der Waals surface area contributed by atoms with E-state index in [2.05, 4.69) is 19.2 Å². The fourth-order valence-corrected chi connectivity index (χ4v) is 5.95. The van der Waals surface area contributed by atoms with Crippen molar-refractivity contribution < 1.29 is 32.9 Å². The van der Waals surface area contributed by atoms with E-state index in [0.717, 1.165) is 38.5 Å². The first-order chi connectivity index (χ1) is 21.5. The van der Waals surface area contributed by atoms with Crippen LogP contribution < -0.4 is 5.32 Å². The summed E-state index contributed by atoms with van der Waals surface area (Å²) in [6, 6.07) is -0.836. The second kappa shape index (κ2) is 29.4. The van der Waals surface area contributed by atoms with Crippen molar-refractivity contribution in [3.63, 3.8) is 0 Å². The van der Waals surface area contributed by atoms with Gasteiger partial charge in [-0.3, -0.25) is 13.8 Å². The number of phosphoric ester groups is 1. The number of phosphoric acid groups is 1. The van der Waals surface area contributed by atoms with Crippen LogP contribution in [0, 0.1) is 0 Å². The lowest BCUT2D eigenvalue weighted by Gasteiger charge is -2.25. The predicted molar refractivity (Wildman–Crippen MR) is 189 cm³/mol. The zero-order chi connectivity index (χ0) is 33.7. The molecule has 0 aliphatic rings. The molecule has 9 heteroatoms. The van der Waals surface area contributed by atoms with Crippen molar-refractivity contribution in [2.24, 2.45) is 0 Å². The molecule has 0 aromatic carbocycles. The number of aliphatic hydroxyl groups excluding tert-OH is 1. The minimum atomic E-state index is -4.32. The highest BCUT2D eigenvalue weighted by Gasteiger charge is 2.27. The van der Waals surface area contributed by atoms with Crippen LogP contribution in [0.5, 0.6) is 0 Å². The maximum atomic E-state index is 12.7. The Balaban J connectivity index is 4.51. The van der Waals surface area contributed by atoms with Gasteiger partial charge in [0.05, 0.1) is 39.9 Å². The van der Waals surface area contributed by atoms with E-state index in [1.165, 1.54) is 103 Å². The molecule has 0 radical (unpaired) electrons. The van der Waals surface area contributed by atoms with E-state index in [4.69, 9.17) is 9.05 Å². The molecule has 1 amide bonds. The molecule has 45 heavy (non-hydrogen) atoms. The molecule has 8 nitrogen and oxygen atoms in total. The van der Waals surface area contributed by atoms with Crippen molar-refractivity contribution in [2.75, 3.05) is 40.9 Å². The van der Waals surface area contributed by atoms with Crippen LogP contribution in [0.15, 0.2) is 12.2 Å². The van der Waals surface area contributed by atoms with E-state index >= 15 is 0 Å². The summed E-state index contributed by atoms with van der Waals surface area (Å²) in [7, 11) is 1.57. The first-order valence-electron chi connectivity index (χ1n) is 18.6. The monoisotopic (exact) mass is 662 g/mol. The molecule has 0 spiro atoms. The molecule has 0 heterocycles. The van der Waals surface area contributed by atoms with Gasteiger partial charge in [-0.05, 0) is 19.3 Å². The van der Waals surface area contributed by atoms with E-state index in [1.54, 1.807) is 6.08 Å². The average Bonchev–Trinajstić information content (AvgIpc) is 2.97.